The van der Waals surface area contributed by atoms with Crippen molar-refractivity contribution < 1.29 is 4.79 Å². The molecular formula is C8H8Cl2N2O. The number of rotatable bonds is 3. The molecule has 1 aromatic rings. The lowest BCUT2D eigenvalue weighted by Gasteiger charge is -2.02. The highest BCUT2D eigenvalue weighted by Crippen LogP contribution is 2.09. The summed E-state index contributed by atoms with van der Waals surface area (Å²) in [6.07, 6.45) is 1.79. The lowest BCUT2D eigenvalue weighted by molar-refractivity contribution is -0.115. The van der Waals surface area contributed by atoms with Crippen LogP contribution in [0.4, 0.5) is 5.69 Å². The van der Waals surface area contributed by atoms with E-state index in [1.807, 2.05) is 0 Å². The number of carbonyl (C=O) groups excluding carboxylic acids is 1. The number of carbonyl (C=O) groups is 1. The summed E-state index contributed by atoms with van der Waals surface area (Å²) in [5.41, 5.74) is 0.625. The summed E-state index contributed by atoms with van der Waals surface area (Å²) < 4.78 is 0. The van der Waals surface area contributed by atoms with Crippen molar-refractivity contribution in [3.63, 3.8) is 0 Å². The van der Waals surface area contributed by atoms with Gasteiger partial charge in [0.15, 0.2) is 0 Å². The summed E-state index contributed by atoms with van der Waals surface area (Å²) in [5, 5.41) is 3.02. The van der Waals surface area contributed by atoms with Gasteiger partial charge in [-0.3, -0.25) is 4.79 Å². The first kappa shape index (κ1) is 10.3. The van der Waals surface area contributed by atoms with Crippen molar-refractivity contribution in [3.8, 4) is 0 Å². The van der Waals surface area contributed by atoms with E-state index in [-0.39, 0.29) is 5.91 Å². The standard InChI is InChI=1S/C8H8Cl2N2O/c9-4-3-8(13)12-6-1-2-7(10)11-5-6/h1-2,5H,3-4H2,(H,12,13). The summed E-state index contributed by atoms with van der Waals surface area (Å²) in [6.45, 7) is 0. The van der Waals surface area contributed by atoms with Gasteiger partial charge in [-0.05, 0) is 12.1 Å². The largest absolute Gasteiger partial charge is 0.325 e. The van der Waals surface area contributed by atoms with Crippen LogP contribution in [0.2, 0.25) is 5.15 Å². The molecule has 1 aromatic heterocycles. The van der Waals surface area contributed by atoms with Crippen LogP contribution in [-0.2, 0) is 4.79 Å². The Balaban J connectivity index is 2.54. The van der Waals surface area contributed by atoms with Crippen LogP contribution in [0, 0.1) is 0 Å². The van der Waals surface area contributed by atoms with Crippen molar-refractivity contribution in [2.45, 2.75) is 6.42 Å². The van der Waals surface area contributed by atoms with Crippen LogP contribution in [0.5, 0.6) is 0 Å². The molecule has 5 heteroatoms. The SMILES string of the molecule is O=C(CCCl)Nc1ccc(Cl)nc1. The van der Waals surface area contributed by atoms with Crippen LogP contribution in [0.15, 0.2) is 18.3 Å². The minimum absolute atomic E-state index is 0.126. The van der Waals surface area contributed by atoms with E-state index in [0.29, 0.717) is 23.1 Å². The van der Waals surface area contributed by atoms with Crippen LogP contribution in [0.1, 0.15) is 6.42 Å². The fourth-order valence-electron chi connectivity index (χ4n) is 0.759. The average molecular weight is 219 g/mol. The fourth-order valence-corrected chi connectivity index (χ4v) is 1.04. The second-order valence-electron chi connectivity index (χ2n) is 2.36. The van der Waals surface area contributed by atoms with E-state index in [0.717, 1.165) is 0 Å². The molecule has 0 saturated carbocycles. The van der Waals surface area contributed by atoms with Crippen LogP contribution in [0.25, 0.3) is 0 Å². The van der Waals surface area contributed by atoms with Crippen LogP contribution in [-0.4, -0.2) is 16.8 Å². The molecule has 0 unspecified atom stereocenters. The first-order valence-corrected chi connectivity index (χ1v) is 4.61. The summed E-state index contributed by atoms with van der Waals surface area (Å²) in [7, 11) is 0. The van der Waals surface area contributed by atoms with Gasteiger partial charge in [0.05, 0.1) is 11.9 Å². The van der Waals surface area contributed by atoms with Gasteiger partial charge in [-0.1, -0.05) is 11.6 Å². The van der Waals surface area contributed by atoms with Gasteiger partial charge in [0.25, 0.3) is 0 Å². The molecule has 13 heavy (non-hydrogen) atoms. The van der Waals surface area contributed by atoms with Gasteiger partial charge in [0.2, 0.25) is 5.91 Å². The molecule has 1 rings (SSSR count). The molecule has 0 aliphatic rings. The Hall–Kier alpha value is -0.800. The number of pyridine rings is 1. The van der Waals surface area contributed by atoms with E-state index >= 15 is 0 Å². The van der Waals surface area contributed by atoms with Gasteiger partial charge in [-0.15, -0.1) is 11.6 Å². The Morgan fingerprint density at radius 1 is 1.54 bits per heavy atom. The minimum atomic E-state index is -0.126. The van der Waals surface area contributed by atoms with Gasteiger partial charge in [-0.2, -0.15) is 0 Å². The molecule has 0 spiro atoms. The Morgan fingerprint density at radius 2 is 2.31 bits per heavy atom. The highest BCUT2D eigenvalue weighted by atomic mass is 35.5. The number of nitrogens with one attached hydrogen (secondary N) is 1. The molecule has 0 aromatic carbocycles. The summed E-state index contributed by atoms with van der Waals surface area (Å²) in [4.78, 5) is 14.9. The first-order valence-electron chi connectivity index (χ1n) is 3.70. The van der Waals surface area contributed by atoms with Crippen molar-refractivity contribution in [2.24, 2.45) is 0 Å². The number of anilines is 1. The topological polar surface area (TPSA) is 42.0 Å². The smallest absolute Gasteiger partial charge is 0.225 e. The van der Waals surface area contributed by atoms with Crippen molar-refractivity contribution in [2.75, 3.05) is 11.2 Å². The lowest BCUT2D eigenvalue weighted by atomic mass is 10.4. The van der Waals surface area contributed by atoms with Crippen molar-refractivity contribution >= 4 is 34.8 Å². The molecule has 0 bridgehead atoms. The lowest BCUT2D eigenvalue weighted by Crippen LogP contribution is -2.11. The average Bonchev–Trinajstić information content (AvgIpc) is 2.09. The zero-order valence-electron chi connectivity index (χ0n) is 6.76. The maximum atomic E-state index is 11.0. The molecule has 0 fully saturated rings. The summed E-state index contributed by atoms with van der Waals surface area (Å²) >= 11 is 11.0. The summed E-state index contributed by atoms with van der Waals surface area (Å²) in [5.74, 6) is 0.187. The molecule has 1 N–H and O–H groups in total. The van der Waals surface area contributed by atoms with E-state index in [1.54, 1.807) is 12.1 Å². The van der Waals surface area contributed by atoms with E-state index in [1.165, 1.54) is 6.20 Å². The molecule has 0 aliphatic carbocycles. The van der Waals surface area contributed by atoms with E-state index in [2.05, 4.69) is 10.3 Å². The monoisotopic (exact) mass is 218 g/mol. The van der Waals surface area contributed by atoms with Gasteiger partial charge < -0.3 is 5.32 Å². The number of halogens is 2. The molecule has 0 aliphatic heterocycles. The Kier molecular flexibility index (Phi) is 3.99. The number of hydrogen-bond donors (Lipinski definition) is 1. The molecular weight excluding hydrogens is 211 g/mol. The first-order chi connectivity index (χ1) is 6.22. The second-order valence-corrected chi connectivity index (χ2v) is 3.12. The van der Waals surface area contributed by atoms with E-state index in [9.17, 15) is 4.79 Å². The Labute approximate surface area is 86.1 Å². The third kappa shape index (κ3) is 3.61. The van der Waals surface area contributed by atoms with Crippen molar-refractivity contribution in [1.82, 2.24) is 4.98 Å². The van der Waals surface area contributed by atoms with Crippen molar-refractivity contribution in [3.05, 3.63) is 23.5 Å². The van der Waals surface area contributed by atoms with E-state index < -0.39 is 0 Å². The van der Waals surface area contributed by atoms with Crippen LogP contribution in [0.3, 0.4) is 0 Å². The fraction of sp³-hybridized carbons (Fsp3) is 0.250. The predicted octanol–water partition coefficient (Wildman–Crippen LogP) is 2.30. The van der Waals surface area contributed by atoms with Gasteiger partial charge >= 0.3 is 0 Å². The molecule has 1 amide bonds. The maximum Gasteiger partial charge on any atom is 0.225 e. The Bertz CT molecular complexity index is 287. The maximum absolute atomic E-state index is 11.0. The normalized spacial score (nSPS) is 9.69. The molecule has 3 nitrogen and oxygen atoms in total. The second kappa shape index (κ2) is 5.04. The quantitative estimate of drug-likeness (QED) is 0.626. The number of aromatic nitrogens is 1. The molecule has 0 saturated heterocycles. The molecule has 0 atom stereocenters. The van der Waals surface area contributed by atoms with Crippen LogP contribution >= 0.6 is 23.2 Å². The van der Waals surface area contributed by atoms with Crippen LogP contribution < -0.4 is 5.32 Å². The third-order valence-electron chi connectivity index (χ3n) is 1.33. The molecule has 1 heterocycles. The van der Waals surface area contributed by atoms with E-state index in [4.69, 9.17) is 23.2 Å². The summed E-state index contributed by atoms with van der Waals surface area (Å²) in [6, 6.07) is 3.29. The van der Waals surface area contributed by atoms with Crippen molar-refractivity contribution in [1.29, 1.82) is 0 Å². The molecule has 0 radical (unpaired) electrons. The van der Waals surface area contributed by atoms with Gasteiger partial charge in [-0.25, -0.2) is 4.98 Å². The highest BCUT2D eigenvalue weighted by Gasteiger charge is 2.00. The van der Waals surface area contributed by atoms with Gasteiger partial charge in [0.1, 0.15) is 5.15 Å². The number of hydrogen-bond acceptors (Lipinski definition) is 2. The zero-order valence-corrected chi connectivity index (χ0v) is 8.27. The number of alkyl halides is 1. The number of amides is 1. The van der Waals surface area contributed by atoms with Gasteiger partial charge in [0, 0.05) is 12.3 Å². The molecule has 70 valence electrons. The number of nitrogens with zero attached hydrogens (tertiary/aromatic N) is 1. The Morgan fingerprint density at radius 3 is 2.85 bits per heavy atom. The third-order valence-corrected chi connectivity index (χ3v) is 1.75. The zero-order chi connectivity index (χ0) is 9.68. The minimum Gasteiger partial charge on any atom is -0.325 e. The predicted molar refractivity (Wildman–Crippen MR) is 53.2 cm³/mol. The highest BCUT2D eigenvalue weighted by molar-refractivity contribution is 6.29.